The van der Waals surface area contributed by atoms with Crippen molar-refractivity contribution >= 4 is 26.3 Å². The Morgan fingerprint density at radius 1 is 1.06 bits per heavy atom. The first kappa shape index (κ1) is 22.8. The smallest absolute Gasteiger partial charge is 0.348 e. The number of anilines is 1. The summed E-state index contributed by atoms with van der Waals surface area (Å²) in [6.45, 7) is 5.10. The molecule has 0 bridgehead atoms. The molecule has 0 spiro atoms. The van der Waals surface area contributed by atoms with Crippen molar-refractivity contribution in [2.24, 2.45) is 0 Å². The lowest BCUT2D eigenvalue weighted by Crippen LogP contribution is -2.39. The van der Waals surface area contributed by atoms with Crippen molar-refractivity contribution in [1.82, 2.24) is 4.98 Å². The van der Waals surface area contributed by atoms with E-state index in [1.54, 1.807) is 0 Å². The topological polar surface area (TPSA) is 50.3 Å². The van der Waals surface area contributed by atoms with E-state index in [0.29, 0.717) is 25.9 Å². The number of thiazole rings is 1. The zero-order valence-corrected chi connectivity index (χ0v) is 19.3. The van der Waals surface area contributed by atoms with E-state index in [9.17, 15) is 21.6 Å². The summed E-state index contributed by atoms with van der Waals surface area (Å²) in [7, 11) is -3.84. The van der Waals surface area contributed by atoms with E-state index in [4.69, 9.17) is 4.98 Å². The van der Waals surface area contributed by atoms with Gasteiger partial charge in [-0.1, -0.05) is 24.3 Å². The van der Waals surface area contributed by atoms with Gasteiger partial charge in [0.1, 0.15) is 0 Å². The molecule has 0 atom stereocenters. The van der Waals surface area contributed by atoms with Gasteiger partial charge in [-0.05, 0) is 56.0 Å². The van der Waals surface area contributed by atoms with Crippen LogP contribution < -0.4 is 4.90 Å². The first-order chi connectivity index (χ1) is 15.1. The number of rotatable bonds is 4. The molecule has 0 unspecified atom stereocenters. The van der Waals surface area contributed by atoms with Crippen molar-refractivity contribution in [3.8, 4) is 11.3 Å². The monoisotopic (exact) mass is 480 g/mol. The maximum atomic E-state index is 13.0. The number of hydrogen-bond acceptors (Lipinski definition) is 5. The van der Waals surface area contributed by atoms with Crippen LogP contribution in [-0.4, -0.2) is 31.7 Å². The first-order valence-corrected chi connectivity index (χ1v) is 12.7. The summed E-state index contributed by atoms with van der Waals surface area (Å²) in [6, 6.07) is 10.1. The minimum absolute atomic E-state index is 0.266. The largest absolute Gasteiger partial charge is 0.416 e. The van der Waals surface area contributed by atoms with Crippen LogP contribution in [0.2, 0.25) is 0 Å². The fourth-order valence-corrected chi connectivity index (χ4v) is 6.62. The van der Waals surface area contributed by atoms with E-state index in [1.165, 1.54) is 28.5 Å². The third-order valence-electron chi connectivity index (χ3n) is 6.01. The van der Waals surface area contributed by atoms with Crippen molar-refractivity contribution in [3.05, 3.63) is 64.5 Å². The quantitative estimate of drug-likeness (QED) is 0.467. The van der Waals surface area contributed by atoms with E-state index >= 15 is 0 Å². The van der Waals surface area contributed by atoms with Crippen LogP contribution in [0.1, 0.15) is 29.5 Å². The van der Waals surface area contributed by atoms with Gasteiger partial charge in [0.2, 0.25) is 0 Å². The molecule has 4 rings (SSSR count). The summed E-state index contributed by atoms with van der Waals surface area (Å²) in [4.78, 5) is 6.55. The zero-order chi connectivity index (χ0) is 23.1. The number of halogens is 3. The summed E-state index contributed by atoms with van der Waals surface area (Å²) in [6.07, 6.45) is -3.89. The average molecular weight is 481 g/mol. The average Bonchev–Trinajstić information content (AvgIpc) is 3.25. The van der Waals surface area contributed by atoms with Gasteiger partial charge in [-0.3, -0.25) is 0 Å². The molecule has 4 nitrogen and oxygen atoms in total. The lowest BCUT2D eigenvalue weighted by molar-refractivity contribution is -0.137. The van der Waals surface area contributed by atoms with Gasteiger partial charge in [0, 0.05) is 24.0 Å². The molecule has 3 aromatic rings. The van der Waals surface area contributed by atoms with Gasteiger partial charge in [0.05, 0.1) is 21.4 Å². The Labute approximate surface area is 189 Å². The molecule has 170 valence electrons. The maximum Gasteiger partial charge on any atom is 0.416 e. The molecular formula is C23H23F3N2O2S2. The Bertz CT molecular complexity index is 1230. The normalized spacial score (nSPS) is 15.8. The highest BCUT2D eigenvalue weighted by Gasteiger charge is 2.35. The highest BCUT2D eigenvalue weighted by molar-refractivity contribution is 7.92. The fourth-order valence-electron chi connectivity index (χ4n) is 3.96. The second-order valence-electron chi connectivity index (χ2n) is 8.02. The third kappa shape index (κ3) is 4.41. The van der Waals surface area contributed by atoms with Gasteiger partial charge in [-0.25, -0.2) is 13.4 Å². The summed E-state index contributed by atoms with van der Waals surface area (Å²) >= 11 is 1.52. The van der Waals surface area contributed by atoms with Gasteiger partial charge in [-0.2, -0.15) is 13.2 Å². The van der Waals surface area contributed by atoms with Crippen LogP contribution >= 0.6 is 11.3 Å². The van der Waals surface area contributed by atoms with E-state index in [2.05, 4.69) is 24.8 Å². The summed E-state index contributed by atoms with van der Waals surface area (Å²) < 4.78 is 64.9. The zero-order valence-electron chi connectivity index (χ0n) is 17.7. The number of benzene rings is 2. The Hall–Kier alpha value is -2.39. The molecule has 1 fully saturated rings. The molecule has 0 N–H and O–H groups in total. The molecule has 1 saturated heterocycles. The van der Waals surface area contributed by atoms with Crippen molar-refractivity contribution in [1.29, 1.82) is 0 Å². The van der Waals surface area contributed by atoms with Gasteiger partial charge in [0.15, 0.2) is 15.0 Å². The number of nitrogens with zero attached hydrogens (tertiary/aromatic N) is 2. The second-order valence-corrected chi connectivity index (χ2v) is 11.1. The second kappa shape index (κ2) is 8.51. The van der Waals surface area contributed by atoms with E-state index in [-0.39, 0.29) is 4.90 Å². The molecule has 1 aliphatic heterocycles. The standard InChI is InChI=1S/C23H23F3N2O2S2/c1-15-5-3-8-20(16(15)2)21-14-31-22(27-21)28-11-9-18(10-12-28)32(29,30)19-7-4-6-17(13-19)23(24,25)26/h3-8,13-14,18H,9-12H2,1-2H3. The van der Waals surface area contributed by atoms with Crippen LogP contribution in [0, 0.1) is 13.8 Å². The highest BCUT2D eigenvalue weighted by Crippen LogP contribution is 2.35. The minimum Gasteiger partial charge on any atom is -0.348 e. The van der Waals surface area contributed by atoms with Crippen molar-refractivity contribution in [2.75, 3.05) is 18.0 Å². The predicted molar refractivity (Wildman–Crippen MR) is 121 cm³/mol. The van der Waals surface area contributed by atoms with E-state index in [0.717, 1.165) is 34.6 Å². The lowest BCUT2D eigenvalue weighted by atomic mass is 10.0. The Morgan fingerprint density at radius 2 is 1.75 bits per heavy atom. The molecule has 0 amide bonds. The molecular weight excluding hydrogens is 457 g/mol. The summed E-state index contributed by atoms with van der Waals surface area (Å²) in [5.74, 6) is 0. The first-order valence-electron chi connectivity index (χ1n) is 10.3. The van der Waals surface area contributed by atoms with Crippen LogP contribution in [0.25, 0.3) is 11.3 Å². The van der Waals surface area contributed by atoms with Crippen molar-refractivity contribution in [2.45, 2.75) is 43.0 Å². The molecule has 1 aliphatic rings. The number of aryl methyl sites for hydroxylation is 1. The SMILES string of the molecule is Cc1cccc(-c2csc(N3CCC(S(=O)(=O)c4cccc(C(F)(F)F)c4)CC3)n2)c1C. The van der Waals surface area contributed by atoms with Crippen molar-refractivity contribution < 1.29 is 21.6 Å². The van der Waals surface area contributed by atoms with Gasteiger partial charge < -0.3 is 4.90 Å². The Morgan fingerprint density at radius 3 is 2.44 bits per heavy atom. The highest BCUT2D eigenvalue weighted by atomic mass is 32.2. The van der Waals surface area contributed by atoms with Crippen LogP contribution in [0.15, 0.2) is 52.7 Å². The van der Waals surface area contributed by atoms with Crippen LogP contribution in [0.3, 0.4) is 0 Å². The van der Waals surface area contributed by atoms with Crippen molar-refractivity contribution in [3.63, 3.8) is 0 Å². The Balaban J connectivity index is 1.48. The maximum absolute atomic E-state index is 13.0. The molecule has 32 heavy (non-hydrogen) atoms. The molecule has 2 aromatic carbocycles. The van der Waals surface area contributed by atoms with Gasteiger partial charge in [0.25, 0.3) is 0 Å². The predicted octanol–water partition coefficient (Wildman–Crippen LogP) is 5.89. The number of piperidine rings is 1. The van der Waals surface area contributed by atoms with Crippen LogP contribution in [-0.2, 0) is 16.0 Å². The number of aromatic nitrogens is 1. The minimum atomic E-state index is -4.58. The third-order valence-corrected chi connectivity index (χ3v) is 9.18. The fraction of sp³-hybridized carbons (Fsp3) is 0.348. The van der Waals surface area contributed by atoms with Gasteiger partial charge in [-0.15, -0.1) is 11.3 Å². The molecule has 2 heterocycles. The Kier molecular flexibility index (Phi) is 6.06. The van der Waals surface area contributed by atoms with Crippen LogP contribution in [0.5, 0.6) is 0 Å². The lowest BCUT2D eigenvalue weighted by Gasteiger charge is -2.31. The molecule has 0 aliphatic carbocycles. The summed E-state index contributed by atoms with van der Waals surface area (Å²) in [5.41, 5.74) is 3.39. The molecule has 0 saturated carbocycles. The molecule has 1 aromatic heterocycles. The van der Waals surface area contributed by atoms with Gasteiger partial charge >= 0.3 is 6.18 Å². The number of hydrogen-bond donors (Lipinski definition) is 0. The number of sulfone groups is 1. The van der Waals surface area contributed by atoms with E-state index in [1.807, 2.05) is 17.5 Å². The molecule has 9 heteroatoms. The molecule has 0 radical (unpaired) electrons. The van der Waals surface area contributed by atoms with Crippen LogP contribution in [0.4, 0.5) is 18.3 Å². The summed E-state index contributed by atoms with van der Waals surface area (Å²) in [5, 5.41) is 2.12. The van der Waals surface area contributed by atoms with E-state index < -0.39 is 26.8 Å². The number of alkyl halides is 3.